The van der Waals surface area contributed by atoms with E-state index in [0.717, 1.165) is 26.2 Å². The molecule has 3 rings (SSSR count). The zero-order valence-electron chi connectivity index (χ0n) is 10.9. The largest absolute Gasteiger partial charge is 0.496 e. The number of likely N-dealkylation sites (tertiary alicyclic amines) is 1. The number of carbonyl (C=O) groups is 1. The predicted octanol–water partition coefficient (Wildman–Crippen LogP) is 1.64. The van der Waals surface area contributed by atoms with Crippen LogP contribution in [0.25, 0.3) is 0 Å². The number of hydrogen-bond donors (Lipinski definition) is 1. The molecule has 2 saturated heterocycles. The highest BCUT2D eigenvalue weighted by atomic mass is 35.5. The van der Waals surface area contributed by atoms with Crippen LogP contribution in [-0.2, 0) is 0 Å². The van der Waals surface area contributed by atoms with Crippen molar-refractivity contribution < 1.29 is 9.53 Å². The summed E-state index contributed by atoms with van der Waals surface area (Å²) < 4.78 is 5.26. The fraction of sp³-hybridized carbons (Fsp3) is 0.500. The average Bonchev–Trinajstić information content (AvgIpc) is 2.98. The van der Waals surface area contributed by atoms with E-state index in [4.69, 9.17) is 16.3 Å². The third-order valence-corrected chi connectivity index (χ3v) is 4.31. The molecule has 4 nitrogen and oxygen atoms in total. The Hall–Kier alpha value is -1.26. The molecule has 19 heavy (non-hydrogen) atoms. The maximum atomic E-state index is 12.6. The molecular weight excluding hydrogens is 264 g/mol. The van der Waals surface area contributed by atoms with E-state index in [1.807, 2.05) is 4.90 Å². The second kappa shape index (κ2) is 5.02. The smallest absolute Gasteiger partial charge is 0.257 e. The summed E-state index contributed by atoms with van der Waals surface area (Å²) in [7, 11) is 1.56. The van der Waals surface area contributed by atoms with Gasteiger partial charge in [0.1, 0.15) is 5.75 Å². The maximum Gasteiger partial charge on any atom is 0.257 e. The van der Waals surface area contributed by atoms with Crippen LogP contribution in [-0.4, -0.2) is 44.1 Å². The summed E-state index contributed by atoms with van der Waals surface area (Å²) in [4.78, 5) is 14.5. The second-order valence-electron chi connectivity index (χ2n) is 5.23. The first-order valence-corrected chi connectivity index (χ1v) is 6.90. The van der Waals surface area contributed by atoms with Crippen molar-refractivity contribution in [2.45, 2.75) is 0 Å². The minimum Gasteiger partial charge on any atom is -0.496 e. The normalized spacial score (nSPS) is 25.5. The molecule has 0 saturated carbocycles. The fourth-order valence-electron chi connectivity index (χ4n) is 3.03. The van der Waals surface area contributed by atoms with Gasteiger partial charge in [-0.3, -0.25) is 4.79 Å². The monoisotopic (exact) mass is 280 g/mol. The van der Waals surface area contributed by atoms with Gasteiger partial charge in [-0.25, -0.2) is 0 Å². The minimum atomic E-state index is 0.0444. The summed E-state index contributed by atoms with van der Waals surface area (Å²) >= 11 is 5.92. The quantitative estimate of drug-likeness (QED) is 0.895. The lowest BCUT2D eigenvalue weighted by atomic mass is 10.0. The lowest BCUT2D eigenvalue weighted by Gasteiger charge is -2.19. The van der Waals surface area contributed by atoms with Crippen molar-refractivity contribution in [1.29, 1.82) is 0 Å². The van der Waals surface area contributed by atoms with E-state index in [-0.39, 0.29) is 5.91 Å². The molecule has 2 heterocycles. The highest BCUT2D eigenvalue weighted by Gasteiger charge is 2.38. The van der Waals surface area contributed by atoms with E-state index in [1.54, 1.807) is 25.3 Å². The van der Waals surface area contributed by atoms with Crippen molar-refractivity contribution in [2.24, 2.45) is 11.8 Å². The average molecular weight is 281 g/mol. The van der Waals surface area contributed by atoms with Gasteiger partial charge >= 0.3 is 0 Å². The van der Waals surface area contributed by atoms with Crippen LogP contribution in [0.5, 0.6) is 5.75 Å². The molecule has 2 atom stereocenters. The van der Waals surface area contributed by atoms with Crippen LogP contribution in [0.3, 0.4) is 0 Å². The number of nitrogens with one attached hydrogen (secondary N) is 1. The SMILES string of the molecule is COc1cc(Cl)ccc1C(=O)N1C[C@H]2CNC[C@H]2C1. The van der Waals surface area contributed by atoms with Crippen LogP contribution >= 0.6 is 11.6 Å². The minimum absolute atomic E-state index is 0.0444. The molecule has 1 aromatic rings. The van der Waals surface area contributed by atoms with Crippen LogP contribution < -0.4 is 10.1 Å². The Morgan fingerprint density at radius 3 is 2.68 bits per heavy atom. The van der Waals surface area contributed by atoms with Gasteiger partial charge in [-0.05, 0) is 30.0 Å². The Balaban J connectivity index is 1.81. The first-order chi connectivity index (χ1) is 9.19. The van der Waals surface area contributed by atoms with Crippen LogP contribution in [0.2, 0.25) is 5.02 Å². The molecule has 1 aromatic carbocycles. The zero-order chi connectivity index (χ0) is 13.4. The number of rotatable bonds is 2. The van der Waals surface area contributed by atoms with Crippen molar-refractivity contribution in [2.75, 3.05) is 33.3 Å². The molecule has 2 aliphatic rings. The van der Waals surface area contributed by atoms with Gasteiger partial charge in [0.2, 0.25) is 0 Å². The first-order valence-electron chi connectivity index (χ1n) is 6.52. The Kier molecular flexibility index (Phi) is 3.37. The van der Waals surface area contributed by atoms with Crippen molar-refractivity contribution in [3.8, 4) is 5.75 Å². The molecule has 0 bridgehead atoms. The van der Waals surface area contributed by atoms with E-state index in [1.165, 1.54) is 0 Å². The number of amides is 1. The predicted molar refractivity (Wildman–Crippen MR) is 73.8 cm³/mol. The third-order valence-electron chi connectivity index (χ3n) is 4.07. The highest BCUT2D eigenvalue weighted by molar-refractivity contribution is 6.30. The van der Waals surface area contributed by atoms with Gasteiger partial charge in [0, 0.05) is 31.2 Å². The molecule has 1 amide bonds. The summed E-state index contributed by atoms with van der Waals surface area (Å²) in [5, 5.41) is 3.95. The number of nitrogens with zero attached hydrogens (tertiary/aromatic N) is 1. The first kappa shape index (κ1) is 12.8. The Morgan fingerprint density at radius 2 is 2.05 bits per heavy atom. The number of halogens is 1. The molecule has 102 valence electrons. The summed E-state index contributed by atoms with van der Waals surface area (Å²) in [6.07, 6.45) is 0. The van der Waals surface area contributed by atoms with E-state index in [2.05, 4.69) is 5.32 Å². The maximum absolute atomic E-state index is 12.6. The lowest BCUT2D eigenvalue weighted by Crippen LogP contribution is -2.32. The van der Waals surface area contributed by atoms with Crippen LogP contribution in [0, 0.1) is 11.8 Å². The fourth-order valence-corrected chi connectivity index (χ4v) is 3.20. The van der Waals surface area contributed by atoms with E-state index >= 15 is 0 Å². The van der Waals surface area contributed by atoms with Gasteiger partial charge in [-0.15, -0.1) is 0 Å². The lowest BCUT2D eigenvalue weighted by molar-refractivity contribution is 0.0778. The molecule has 0 aromatic heterocycles. The molecule has 1 N–H and O–H groups in total. The van der Waals surface area contributed by atoms with Gasteiger partial charge in [-0.2, -0.15) is 0 Å². The Bertz CT molecular complexity index is 494. The van der Waals surface area contributed by atoms with Gasteiger partial charge in [0.25, 0.3) is 5.91 Å². The molecule has 2 aliphatic heterocycles. The molecule has 0 radical (unpaired) electrons. The van der Waals surface area contributed by atoms with Crippen LogP contribution in [0.4, 0.5) is 0 Å². The molecular formula is C14H17ClN2O2. The number of hydrogen-bond acceptors (Lipinski definition) is 3. The highest BCUT2D eigenvalue weighted by Crippen LogP contribution is 2.30. The van der Waals surface area contributed by atoms with Crippen LogP contribution in [0.1, 0.15) is 10.4 Å². The summed E-state index contributed by atoms with van der Waals surface area (Å²) in [6.45, 7) is 3.71. The number of ether oxygens (including phenoxy) is 1. The van der Waals surface area contributed by atoms with E-state index in [0.29, 0.717) is 28.2 Å². The van der Waals surface area contributed by atoms with Crippen molar-refractivity contribution >= 4 is 17.5 Å². The summed E-state index contributed by atoms with van der Waals surface area (Å²) in [5.74, 6) is 1.79. The topological polar surface area (TPSA) is 41.6 Å². The van der Waals surface area contributed by atoms with Gasteiger partial charge in [0.15, 0.2) is 0 Å². The molecule has 5 heteroatoms. The molecule has 0 spiro atoms. The zero-order valence-corrected chi connectivity index (χ0v) is 11.6. The van der Waals surface area contributed by atoms with Gasteiger partial charge in [-0.1, -0.05) is 11.6 Å². The van der Waals surface area contributed by atoms with Crippen molar-refractivity contribution in [1.82, 2.24) is 10.2 Å². The van der Waals surface area contributed by atoms with Crippen LogP contribution in [0.15, 0.2) is 18.2 Å². The van der Waals surface area contributed by atoms with Gasteiger partial charge < -0.3 is 15.0 Å². The Morgan fingerprint density at radius 1 is 1.37 bits per heavy atom. The number of benzene rings is 1. The second-order valence-corrected chi connectivity index (χ2v) is 5.67. The van der Waals surface area contributed by atoms with Gasteiger partial charge in [0.05, 0.1) is 12.7 Å². The van der Waals surface area contributed by atoms with E-state index < -0.39 is 0 Å². The standard InChI is InChI=1S/C14H17ClN2O2/c1-19-13-4-11(15)2-3-12(13)14(18)17-7-9-5-16-6-10(9)8-17/h2-4,9-10,16H,5-8H2,1H3/t9-,10+. The molecule has 0 unspecified atom stereocenters. The number of carbonyl (C=O) groups excluding carboxylic acids is 1. The number of fused-ring (bicyclic) bond motifs is 1. The Labute approximate surface area is 117 Å². The van der Waals surface area contributed by atoms with E-state index in [9.17, 15) is 4.79 Å². The number of methoxy groups -OCH3 is 1. The molecule has 2 fully saturated rings. The van der Waals surface area contributed by atoms with Crippen molar-refractivity contribution in [3.05, 3.63) is 28.8 Å². The third kappa shape index (κ3) is 2.30. The summed E-state index contributed by atoms with van der Waals surface area (Å²) in [5.41, 5.74) is 0.597. The van der Waals surface area contributed by atoms with Crippen molar-refractivity contribution in [3.63, 3.8) is 0 Å². The molecule has 0 aliphatic carbocycles. The summed E-state index contributed by atoms with van der Waals surface area (Å²) in [6, 6.07) is 5.17.